The van der Waals surface area contributed by atoms with Crippen molar-refractivity contribution < 1.29 is 0 Å². The summed E-state index contributed by atoms with van der Waals surface area (Å²) in [5, 5.41) is 0. The van der Waals surface area contributed by atoms with Gasteiger partial charge in [0.05, 0.1) is 0 Å². The molecule has 0 N–H and O–H groups in total. The van der Waals surface area contributed by atoms with Crippen LogP contribution in [-0.2, 0) is 13.0 Å². The summed E-state index contributed by atoms with van der Waals surface area (Å²) in [6, 6.07) is 13.7. The van der Waals surface area contributed by atoms with Crippen LogP contribution < -0.4 is 5.56 Å². The van der Waals surface area contributed by atoms with Gasteiger partial charge in [-0.3, -0.25) is 4.79 Å². The van der Waals surface area contributed by atoms with E-state index in [9.17, 15) is 4.79 Å². The summed E-state index contributed by atoms with van der Waals surface area (Å²) in [5.41, 5.74) is 2.45. The Balaban J connectivity index is 2.11. The van der Waals surface area contributed by atoms with Gasteiger partial charge < -0.3 is 4.57 Å². The van der Waals surface area contributed by atoms with Gasteiger partial charge in [0.25, 0.3) is 5.56 Å². The van der Waals surface area contributed by atoms with Crippen molar-refractivity contribution in [2.75, 3.05) is 0 Å². The first-order valence-electron chi connectivity index (χ1n) is 5.47. The molecule has 2 rings (SSSR count). The van der Waals surface area contributed by atoms with Crippen molar-refractivity contribution in [3.8, 4) is 0 Å². The van der Waals surface area contributed by atoms with E-state index in [1.165, 1.54) is 5.56 Å². The highest BCUT2D eigenvalue weighted by molar-refractivity contribution is 5.15. The molecule has 0 aliphatic heterocycles. The van der Waals surface area contributed by atoms with Crippen LogP contribution in [0.5, 0.6) is 0 Å². The average Bonchev–Trinajstić information content (AvgIpc) is 2.32. The fraction of sp³-hybridized carbons (Fsp3) is 0.214. The molecule has 0 fully saturated rings. The molecule has 0 atom stereocenters. The fourth-order valence-corrected chi connectivity index (χ4v) is 1.72. The molecule has 0 aliphatic carbocycles. The number of nitrogens with zero attached hydrogens (tertiary/aromatic N) is 1. The van der Waals surface area contributed by atoms with Gasteiger partial charge >= 0.3 is 0 Å². The van der Waals surface area contributed by atoms with Crippen LogP contribution in [0.4, 0.5) is 0 Å². The Morgan fingerprint density at radius 1 is 1.06 bits per heavy atom. The van der Waals surface area contributed by atoms with Gasteiger partial charge in [0.2, 0.25) is 0 Å². The van der Waals surface area contributed by atoms with Crippen molar-refractivity contribution in [3.63, 3.8) is 0 Å². The summed E-state index contributed by atoms with van der Waals surface area (Å²) < 4.78 is 1.77. The Bertz CT molecular complexity index is 514. The van der Waals surface area contributed by atoms with Crippen molar-refractivity contribution in [1.82, 2.24) is 4.57 Å². The molecule has 2 heteroatoms. The first-order valence-corrected chi connectivity index (χ1v) is 5.47. The molecule has 0 saturated heterocycles. The summed E-state index contributed by atoms with van der Waals surface area (Å²) in [7, 11) is 0. The molecule has 1 aromatic carbocycles. The highest BCUT2D eigenvalue weighted by atomic mass is 16.1. The number of aryl methyl sites for hydroxylation is 3. The van der Waals surface area contributed by atoms with Crippen LogP contribution in [0.15, 0.2) is 53.5 Å². The molecule has 2 nitrogen and oxygen atoms in total. The lowest BCUT2D eigenvalue weighted by atomic mass is 10.1. The summed E-state index contributed by atoms with van der Waals surface area (Å²) in [6.45, 7) is 2.74. The molecule has 0 spiro atoms. The van der Waals surface area contributed by atoms with E-state index >= 15 is 0 Å². The number of hydrogen-bond acceptors (Lipinski definition) is 1. The number of benzene rings is 1. The maximum Gasteiger partial charge on any atom is 0.250 e. The molecular weight excluding hydrogens is 198 g/mol. The molecule has 1 aromatic heterocycles. The Hall–Kier alpha value is -1.83. The lowest BCUT2D eigenvalue weighted by Crippen LogP contribution is -2.19. The van der Waals surface area contributed by atoms with E-state index in [1.54, 1.807) is 10.6 Å². The van der Waals surface area contributed by atoms with Gasteiger partial charge in [0.1, 0.15) is 0 Å². The maximum atomic E-state index is 11.6. The second-order valence-electron chi connectivity index (χ2n) is 3.97. The Kier molecular flexibility index (Phi) is 3.20. The molecule has 16 heavy (non-hydrogen) atoms. The topological polar surface area (TPSA) is 22.0 Å². The van der Waals surface area contributed by atoms with Gasteiger partial charge in [-0.1, -0.05) is 36.4 Å². The quantitative estimate of drug-likeness (QED) is 0.767. The molecule has 0 amide bonds. The molecule has 0 aliphatic rings. The number of rotatable bonds is 3. The van der Waals surface area contributed by atoms with Gasteiger partial charge in [0, 0.05) is 18.8 Å². The zero-order valence-electron chi connectivity index (χ0n) is 9.39. The van der Waals surface area contributed by atoms with E-state index in [0.29, 0.717) is 0 Å². The minimum atomic E-state index is 0.0709. The Morgan fingerprint density at radius 3 is 2.56 bits per heavy atom. The van der Waals surface area contributed by atoms with Gasteiger partial charge in [0.15, 0.2) is 0 Å². The number of aromatic nitrogens is 1. The average molecular weight is 213 g/mol. The lowest BCUT2D eigenvalue weighted by Gasteiger charge is -2.06. The van der Waals surface area contributed by atoms with Gasteiger partial charge in [-0.15, -0.1) is 0 Å². The Morgan fingerprint density at radius 2 is 1.81 bits per heavy atom. The lowest BCUT2D eigenvalue weighted by molar-refractivity contribution is 0.666. The molecule has 0 unspecified atom stereocenters. The standard InChI is InChI=1S/C14H15NO/c1-12-7-8-14(16)15(11-12)10-9-13-5-3-2-4-6-13/h2-8,11H,9-10H2,1H3. The summed E-state index contributed by atoms with van der Waals surface area (Å²) >= 11 is 0. The molecule has 2 aromatic rings. The van der Waals surface area contributed by atoms with Crippen molar-refractivity contribution in [2.24, 2.45) is 0 Å². The highest BCUT2D eigenvalue weighted by Gasteiger charge is 1.97. The third-order valence-electron chi connectivity index (χ3n) is 2.62. The van der Waals surface area contributed by atoms with Crippen molar-refractivity contribution in [1.29, 1.82) is 0 Å². The largest absolute Gasteiger partial charge is 0.315 e. The van der Waals surface area contributed by atoms with Gasteiger partial charge in [-0.25, -0.2) is 0 Å². The van der Waals surface area contributed by atoms with E-state index in [-0.39, 0.29) is 5.56 Å². The number of pyridine rings is 1. The summed E-state index contributed by atoms with van der Waals surface area (Å²) in [6.07, 6.45) is 2.80. The second kappa shape index (κ2) is 4.79. The molecular formula is C14H15NO. The minimum Gasteiger partial charge on any atom is -0.315 e. The van der Waals surface area contributed by atoms with Crippen LogP contribution in [0.25, 0.3) is 0 Å². The smallest absolute Gasteiger partial charge is 0.250 e. The SMILES string of the molecule is Cc1ccc(=O)n(CCc2ccccc2)c1. The van der Waals surface area contributed by atoms with Crippen LogP contribution in [0.3, 0.4) is 0 Å². The van der Waals surface area contributed by atoms with Gasteiger partial charge in [-0.05, 0) is 24.5 Å². The first-order chi connectivity index (χ1) is 7.75. The van der Waals surface area contributed by atoms with Crippen LogP contribution in [0.1, 0.15) is 11.1 Å². The van der Waals surface area contributed by atoms with E-state index in [4.69, 9.17) is 0 Å². The van der Waals surface area contributed by atoms with Gasteiger partial charge in [-0.2, -0.15) is 0 Å². The normalized spacial score (nSPS) is 10.3. The second-order valence-corrected chi connectivity index (χ2v) is 3.97. The van der Waals surface area contributed by atoms with Crippen LogP contribution in [0.2, 0.25) is 0 Å². The molecule has 82 valence electrons. The van der Waals surface area contributed by atoms with Crippen molar-refractivity contribution >= 4 is 0 Å². The van der Waals surface area contributed by atoms with E-state index in [2.05, 4.69) is 12.1 Å². The van der Waals surface area contributed by atoms with Crippen LogP contribution in [0, 0.1) is 6.92 Å². The van der Waals surface area contributed by atoms with Crippen molar-refractivity contribution in [3.05, 3.63) is 70.1 Å². The van der Waals surface area contributed by atoms with Crippen LogP contribution in [-0.4, -0.2) is 4.57 Å². The minimum absolute atomic E-state index is 0.0709. The molecule has 1 heterocycles. The zero-order valence-corrected chi connectivity index (χ0v) is 9.39. The first kappa shape index (κ1) is 10.7. The molecule has 0 saturated carbocycles. The predicted octanol–water partition coefficient (Wildman–Crippen LogP) is 2.40. The summed E-state index contributed by atoms with van der Waals surface area (Å²) in [5.74, 6) is 0. The highest BCUT2D eigenvalue weighted by Crippen LogP contribution is 2.01. The van der Waals surface area contributed by atoms with E-state index < -0.39 is 0 Å². The fourth-order valence-electron chi connectivity index (χ4n) is 1.72. The van der Waals surface area contributed by atoms with Crippen LogP contribution >= 0.6 is 0 Å². The third-order valence-corrected chi connectivity index (χ3v) is 2.62. The zero-order chi connectivity index (χ0) is 11.4. The molecule has 0 radical (unpaired) electrons. The Labute approximate surface area is 95.2 Å². The maximum absolute atomic E-state index is 11.6. The predicted molar refractivity (Wildman–Crippen MR) is 65.6 cm³/mol. The molecule has 0 bridgehead atoms. The van der Waals surface area contributed by atoms with E-state index in [1.807, 2.05) is 37.4 Å². The number of hydrogen-bond donors (Lipinski definition) is 0. The monoisotopic (exact) mass is 213 g/mol. The van der Waals surface area contributed by atoms with Crippen molar-refractivity contribution in [2.45, 2.75) is 19.9 Å². The van der Waals surface area contributed by atoms with E-state index in [0.717, 1.165) is 18.5 Å². The summed E-state index contributed by atoms with van der Waals surface area (Å²) in [4.78, 5) is 11.6. The third kappa shape index (κ3) is 2.60.